The van der Waals surface area contributed by atoms with Crippen LogP contribution in [0.2, 0.25) is 0 Å². The second kappa shape index (κ2) is 6.72. The zero-order valence-electron chi connectivity index (χ0n) is 11.5. The summed E-state index contributed by atoms with van der Waals surface area (Å²) in [5, 5.41) is 9.06. The Balaban J connectivity index is 2.27. The number of anilines is 1. The van der Waals surface area contributed by atoms with E-state index in [-0.39, 0.29) is 12.4 Å². The van der Waals surface area contributed by atoms with E-state index in [1.165, 1.54) is 12.1 Å². The van der Waals surface area contributed by atoms with Crippen molar-refractivity contribution >= 4 is 27.6 Å². The molecule has 2 rings (SSSR count). The van der Waals surface area contributed by atoms with Gasteiger partial charge >= 0.3 is 5.97 Å². The standard InChI is InChI=1S/C16H15BrFNO2/c1-11-2-4-15(5-3-11)19(10-16(20)21)9-12-6-13(17)8-14(18)7-12/h2-8H,9-10H2,1H3,(H,20,21). The maximum atomic E-state index is 13.4. The van der Waals surface area contributed by atoms with Crippen LogP contribution in [0.25, 0.3) is 0 Å². The number of aryl methyl sites for hydroxylation is 1. The van der Waals surface area contributed by atoms with Crippen molar-refractivity contribution < 1.29 is 14.3 Å². The van der Waals surface area contributed by atoms with E-state index in [9.17, 15) is 9.18 Å². The van der Waals surface area contributed by atoms with Crippen LogP contribution in [0.5, 0.6) is 0 Å². The summed E-state index contributed by atoms with van der Waals surface area (Å²) in [6.45, 7) is 2.15. The summed E-state index contributed by atoms with van der Waals surface area (Å²) in [5.41, 5.74) is 2.61. The highest BCUT2D eigenvalue weighted by molar-refractivity contribution is 9.10. The van der Waals surface area contributed by atoms with E-state index in [1.54, 1.807) is 11.0 Å². The number of rotatable bonds is 5. The lowest BCUT2D eigenvalue weighted by Gasteiger charge is -2.23. The summed E-state index contributed by atoms with van der Waals surface area (Å²) in [6, 6.07) is 12.1. The molecule has 0 radical (unpaired) electrons. The van der Waals surface area contributed by atoms with Crippen molar-refractivity contribution in [2.24, 2.45) is 0 Å². The lowest BCUT2D eigenvalue weighted by atomic mass is 10.1. The lowest BCUT2D eigenvalue weighted by Crippen LogP contribution is -2.29. The van der Waals surface area contributed by atoms with Gasteiger partial charge in [0, 0.05) is 16.7 Å². The first-order valence-electron chi connectivity index (χ1n) is 6.42. The Morgan fingerprint density at radius 2 is 1.90 bits per heavy atom. The molecule has 0 unspecified atom stereocenters. The number of nitrogens with zero attached hydrogens (tertiary/aromatic N) is 1. The first-order valence-corrected chi connectivity index (χ1v) is 7.22. The van der Waals surface area contributed by atoms with Gasteiger partial charge in [0.1, 0.15) is 12.4 Å². The third kappa shape index (κ3) is 4.56. The number of hydrogen-bond donors (Lipinski definition) is 1. The maximum absolute atomic E-state index is 13.4. The molecule has 0 spiro atoms. The topological polar surface area (TPSA) is 40.5 Å². The molecule has 2 aromatic rings. The van der Waals surface area contributed by atoms with Crippen LogP contribution in [0.1, 0.15) is 11.1 Å². The van der Waals surface area contributed by atoms with Crippen LogP contribution >= 0.6 is 15.9 Å². The molecule has 21 heavy (non-hydrogen) atoms. The average Bonchev–Trinajstić information content (AvgIpc) is 2.37. The Bertz CT molecular complexity index is 623. The molecule has 0 fully saturated rings. The van der Waals surface area contributed by atoms with Crippen LogP contribution in [-0.4, -0.2) is 17.6 Å². The molecule has 0 amide bonds. The zero-order chi connectivity index (χ0) is 15.4. The molecule has 0 bridgehead atoms. The van der Waals surface area contributed by atoms with Crippen LogP contribution in [0.15, 0.2) is 46.9 Å². The number of carboxylic acids is 1. The minimum absolute atomic E-state index is 0.142. The summed E-state index contributed by atoms with van der Waals surface area (Å²) in [7, 11) is 0. The number of hydrogen-bond acceptors (Lipinski definition) is 2. The van der Waals surface area contributed by atoms with Gasteiger partial charge < -0.3 is 10.0 Å². The van der Waals surface area contributed by atoms with Crippen molar-refractivity contribution in [1.82, 2.24) is 0 Å². The van der Waals surface area contributed by atoms with E-state index >= 15 is 0 Å². The van der Waals surface area contributed by atoms with E-state index < -0.39 is 5.97 Å². The Kier molecular flexibility index (Phi) is 4.96. The molecule has 0 atom stereocenters. The first kappa shape index (κ1) is 15.5. The fraction of sp³-hybridized carbons (Fsp3) is 0.188. The summed E-state index contributed by atoms with van der Waals surface area (Å²) in [5.74, 6) is -1.27. The van der Waals surface area contributed by atoms with E-state index in [0.717, 1.165) is 11.3 Å². The van der Waals surface area contributed by atoms with Crippen LogP contribution < -0.4 is 4.90 Å². The second-order valence-corrected chi connectivity index (χ2v) is 5.78. The molecular formula is C16H15BrFNO2. The van der Waals surface area contributed by atoms with Gasteiger partial charge in [-0.25, -0.2) is 4.39 Å². The smallest absolute Gasteiger partial charge is 0.323 e. The van der Waals surface area contributed by atoms with Crippen LogP contribution in [0.3, 0.4) is 0 Å². The summed E-state index contributed by atoms with van der Waals surface area (Å²) < 4.78 is 14.1. The summed E-state index contributed by atoms with van der Waals surface area (Å²) in [6.07, 6.45) is 0. The molecule has 0 aliphatic carbocycles. The van der Waals surface area contributed by atoms with Crippen LogP contribution in [-0.2, 0) is 11.3 Å². The van der Waals surface area contributed by atoms with Gasteiger partial charge in [0.15, 0.2) is 0 Å². The zero-order valence-corrected chi connectivity index (χ0v) is 13.1. The molecule has 0 heterocycles. The highest BCUT2D eigenvalue weighted by Crippen LogP contribution is 2.21. The van der Waals surface area contributed by atoms with E-state index in [2.05, 4.69) is 15.9 Å². The summed E-state index contributed by atoms with van der Waals surface area (Å²) >= 11 is 3.24. The fourth-order valence-corrected chi connectivity index (χ4v) is 2.59. The van der Waals surface area contributed by atoms with Crippen molar-refractivity contribution in [3.63, 3.8) is 0 Å². The van der Waals surface area contributed by atoms with Crippen molar-refractivity contribution in [3.8, 4) is 0 Å². The average molecular weight is 352 g/mol. The minimum atomic E-state index is -0.925. The highest BCUT2D eigenvalue weighted by atomic mass is 79.9. The van der Waals surface area contributed by atoms with Crippen molar-refractivity contribution in [1.29, 1.82) is 0 Å². The van der Waals surface area contributed by atoms with E-state index in [1.807, 2.05) is 31.2 Å². The van der Waals surface area contributed by atoms with Gasteiger partial charge in [0.25, 0.3) is 0 Å². The van der Waals surface area contributed by atoms with Crippen LogP contribution in [0.4, 0.5) is 10.1 Å². The number of carboxylic acid groups (broad SMARTS) is 1. The third-order valence-corrected chi connectivity index (χ3v) is 3.48. The van der Waals surface area contributed by atoms with Gasteiger partial charge in [-0.2, -0.15) is 0 Å². The Morgan fingerprint density at radius 1 is 1.24 bits per heavy atom. The molecule has 5 heteroatoms. The molecule has 1 N–H and O–H groups in total. The molecule has 3 nitrogen and oxygen atoms in total. The largest absolute Gasteiger partial charge is 0.480 e. The van der Waals surface area contributed by atoms with Gasteiger partial charge in [0.2, 0.25) is 0 Å². The predicted molar refractivity (Wildman–Crippen MR) is 84.0 cm³/mol. The molecule has 110 valence electrons. The van der Waals surface area contributed by atoms with Crippen LogP contribution in [0, 0.1) is 12.7 Å². The van der Waals surface area contributed by atoms with Crippen molar-refractivity contribution in [2.45, 2.75) is 13.5 Å². The molecule has 0 aliphatic rings. The van der Waals surface area contributed by atoms with Gasteiger partial charge in [-0.05, 0) is 42.8 Å². The second-order valence-electron chi connectivity index (χ2n) is 4.86. The molecule has 0 aromatic heterocycles. The van der Waals surface area contributed by atoms with Crippen molar-refractivity contribution in [2.75, 3.05) is 11.4 Å². The monoisotopic (exact) mass is 351 g/mol. The SMILES string of the molecule is Cc1ccc(N(CC(=O)O)Cc2cc(F)cc(Br)c2)cc1. The highest BCUT2D eigenvalue weighted by Gasteiger charge is 2.12. The van der Waals surface area contributed by atoms with Gasteiger partial charge in [-0.15, -0.1) is 0 Å². The number of halogens is 2. The number of aliphatic carboxylic acids is 1. The van der Waals surface area contributed by atoms with Crippen molar-refractivity contribution in [3.05, 3.63) is 63.9 Å². The Labute approximate surface area is 131 Å². The maximum Gasteiger partial charge on any atom is 0.323 e. The Hall–Kier alpha value is -1.88. The van der Waals surface area contributed by atoms with E-state index in [0.29, 0.717) is 16.6 Å². The third-order valence-electron chi connectivity index (χ3n) is 3.02. The van der Waals surface area contributed by atoms with Gasteiger partial charge in [-0.3, -0.25) is 4.79 Å². The quantitative estimate of drug-likeness (QED) is 0.885. The predicted octanol–water partition coefficient (Wildman–Crippen LogP) is 3.99. The number of benzene rings is 2. The Morgan fingerprint density at radius 3 is 2.48 bits per heavy atom. The van der Waals surface area contributed by atoms with Gasteiger partial charge in [-0.1, -0.05) is 33.6 Å². The first-order chi connectivity index (χ1) is 9.94. The number of carbonyl (C=O) groups is 1. The normalized spacial score (nSPS) is 10.4. The fourth-order valence-electron chi connectivity index (χ4n) is 2.08. The van der Waals surface area contributed by atoms with Gasteiger partial charge in [0.05, 0.1) is 0 Å². The molecule has 2 aromatic carbocycles. The lowest BCUT2D eigenvalue weighted by molar-refractivity contribution is -0.135. The molecular weight excluding hydrogens is 337 g/mol. The molecule has 0 saturated carbocycles. The molecule has 0 saturated heterocycles. The minimum Gasteiger partial charge on any atom is -0.480 e. The summed E-state index contributed by atoms with van der Waals surface area (Å²) in [4.78, 5) is 12.7. The van der Waals surface area contributed by atoms with E-state index in [4.69, 9.17) is 5.11 Å². The molecule has 0 aliphatic heterocycles.